The lowest BCUT2D eigenvalue weighted by Gasteiger charge is -2.35. The van der Waals surface area contributed by atoms with Crippen LogP contribution in [-0.4, -0.2) is 41.0 Å². The van der Waals surface area contributed by atoms with Gasteiger partial charge in [0.05, 0.1) is 0 Å². The number of hydrogen-bond donors (Lipinski definition) is 1. The number of ether oxygens (including phenoxy) is 2. The normalized spacial score (nSPS) is 15.8. The third-order valence-electron chi connectivity index (χ3n) is 3.82. The van der Waals surface area contributed by atoms with Crippen LogP contribution in [0.1, 0.15) is 44.7 Å². The van der Waals surface area contributed by atoms with Crippen molar-refractivity contribution in [1.82, 2.24) is 4.90 Å². The number of amides is 1. The molecule has 1 fully saturated rings. The van der Waals surface area contributed by atoms with E-state index >= 15 is 0 Å². The average molecular weight is 353 g/mol. The van der Waals surface area contributed by atoms with Crippen LogP contribution in [0.25, 0.3) is 0 Å². The van der Waals surface area contributed by atoms with Gasteiger partial charge in [0.1, 0.15) is 10.8 Å². The molecule has 1 amide bonds. The van der Waals surface area contributed by atoms with Crippen LogP contribution < -0.4 is 0 Å². The summed E-state index contributed by atoms with van der Waals surface area (Å²) in [5, 5.41) is 7.45. The fourth-order valence-corrected chi connectivity index (χ4v) is 2.74. The van der Waals surface area contributed by atoms with E-state index in [1.54, 1.807) is 17.0 Å². The maximum atomic E-state index is 12.6. The Morgan fingerprint density at radius 3 is 2.38 bits per heavy atom. The Bertz CT molecular complexity index is 575. The van der Waals surface area contributed by atoms with Crippen molar-refractivity contribution >= 4 is 22.9 Å². The molecule has 24 heavy (non-hydrogen) atoms. The lowest BCUT2D eigenvalue weighted by Crippen LogP contribution is -2.45. The van der Waals surface area contributed by atoms with Crippen molar-refractivity contribution in [3.63, 3.8) is 0 Å². The molecule has 1 aromatic rings. The monoisotopic (exact) mass is 352 g/mol. The Hall–Kier alpha value is -1.59. The maximum Gasteiger partial charge on any atom is 0.410 e. The summed E-state index contributed by atoms with van der Waals surface area (Å²) < 4.78 is 11.0. The average Bonchev–Trinajstić information content (AvgIpc) is 2.52. The highest BCUT2D eigenvalue weighted by Crippen LogP contribution is 2.21. The zero-order valence-corrected chi connectivity index (χ0v) is 15.2. The third kappa shape index (κ3) is 5.49. The molecule has 0 radical (unpaired) electrons. The van der Waals surface area contributed by atoms with E-state index in [0.717, 1.165) is 18.4 Å². The molecule has 1 N–H and O–H groups in total. The second-order valence-corrected chi connectivity index (χ2v) is 7.34. The van der Waals surface area contributed by atoms with Gasteiger partial charge in [-0.05, 0) is 39.2 Å². The van der Waals surface area contributed by atoms with Crippen LogP contribution in [0, 0.1) is 5.41 Å². The van der Waals surface area contributed by atoms with E-state index in [9.17, 15) is 4.79 Å². The Kier molecular flexibility index (Phi) is 6.24. The molecule has 0 unspecified atom stereocenters. The van der Waals surface area contributed by atoms with Gasteiger partial charge in [-0.2, -0.15) is 0 Å². The van der Waals surface area contributed by atoms with Crippen LogP contribution in [0.2, 0.25) is 0 Å². The van der Waals surface area contributed by atoms with Gasteiger partial charge in [-0.15, -0.1) is 0 Å². The largest absolute Gasteiger partial charge is 0.444 e. The Labute approximate surface area is 148 Å². The van der Waals surface area contributed by atoms with E-state index in [1.165, 1.54) is 0 Å². The molecular formula is C18H25ClN2O3. The number of halogens is 1. The van der Waals surface area contributed by atoms with E-state index in [4.69, 9.17) is 26.5 Å². The van der Waals surface area contributed by atoms with Gasteiger partial charge in [0.15, 0.2) is 0 Å². The minimum atomic E-state index is -0.530. The van der Waals surface area contributed by atoms with Crippen molar-refractivity contribution in [3.05, 3.63) is 35.4 Å². The lowest BCUT2D eigenvalue weighted by molar-refractivity contribution is -0.00808. The first-order valence-corrected chi connectivity index (χ1v) is 8.55. The molecule has 0 aromatic heterocycles. The summed E-state index contributed by atoms with van der Waals surface area (Å²) in [7, 11) is 0. The highest BCUT2D eigenvalue weighted by atomic mass is 35.5. The molecule has 132 valence electrons. The van der Waals surface area contributed by atoms with E-state index in [-0.39, 0.29) is 17.3 Å². The van der Waals surface area contributed by atoms with Crippen LogP contribution >= 0.6 is 11.6 Å². The highest BCUT2D eigenvalue weighted by Gasteiger charge is 2.29. The fraction of sp³-hybridized carbons (Fsp3) is 0.556. The van der Waals surface area contributed by atoms with Gasteiger partial charge in [0, 0.05) is 31.4 Å². The number of hydrogen-bond acceptors (Lipinski definition) is 4. The molecule has 1 saturated heterocycles. The van der Waals surface area contributed by atoms with Crippen molar-refractivity contribution in [2.24, 2.45) is 0 Å². The highest BCUT2D eigenvalue weighted by molar-refractivity contribution is 6.68. The predicted molar refractivity (Wildman–Crippen MR) is 94.7 cm³/mol. The quantitative estimate of drug-likeness (QED) is 0.827. The summed E-state index contributed by atoms with van der Waals surface area (Å²) in [6.07, 6.45) is 1.32. The summed E-state index contributed by atoms with van der Waals surface area (Å²) in [5.41, 5.74) is 1.11. The minimum absolute atomic E-state index is 0.00924. The number of nitrogens with one attached hydrogen (secondary N) is 1. The molecule has 1 aromatic carbocycles. The number of benzene rings is 1. The molecule has 5 nitrogen and oxygen atoms in total. The van der Waals surface area contributed by atoms with Crippen LogP contribution in [0.4, 0.5) is 4.79 Å². The molecule has 0 spiro atoms. The van der Waals surface area contributed by atoms with Crippen LogP contribution in [0.5, 0.6) is 0 Å². The van der Waals surface area contributed by atoms with Gasteiger partial charge in [-0.1, -0.05) is 35.9 Å². The first kappa shape index (κ1) is 18.7. The van der Waals surface area contributed by atoms with Crippen molar-refractivity contribution in [1.29, 1.82) is 5.41 Å². The van der Waals surface area contributed by atoms with Gasteiger partial charge in [-0.25, -0.2) is 4.79 Å². The standard InChI is InChI=1S/C18H25ClN2O3/c1-18(2,3)24-17(22)21(15-8-10-23-11-9-15)12-13-4-6-14(7-5-13)16(19)20/h4-7,15,20H,8-12H2,1-3H3. The fourth-order valence-electron chi connectivity index (χ4n) is 2.61. The number of carbonyl (C=O) groups is 1. The van der Waals surface area contributed by atoms with E-state index in [1.807, 2.05) is 32.9 Å². The van der Waals surface area contributed by atoms with Gasteiger partial charge >= 0.3 is 6.09 Å². The van der Waals surface area contributed by atoms with Gasteiger partial charge in [-0.3, -0.25) is 5.41 Å². The summed E-state index contributed by atoms with van der Waals surface area (Å²) in [4.78, 5) is 14.4. The van der Waals surface area contributed by atoms with Crippen LogP contribution in [0.3, 0.4) is 0 Å². The Morgan fingerprint density at radius 2 is 1.88 bits per heavy atom. The van der Waals surface area contributed by atoms with E-state index < -0.39 is 5.60 Å². The Morgan fingerprint density at radius 1 is 1.29 bits per heavy atom. The number of carbonyl (C=O) groups excluding carboxylic acids is 1. The van der Waals surface area contributed by atoms with Crippen molar-refractivity contribution in [2.75, 3.05) is 13.2 Å². The summed E-state index contributed by atoms with van der Waals surface area (Å²) >= 11 is 5.69. The zero-order valence-electron chi connectivity index (χ0n) is 14.5. The molecule has 1 heterocycles. The predicted octanol–water partition coefficient (Wildman–Crippen LogP) is 4.17. The minimum Gasteiger partial charge on any atom is -0.444 e. The molecule has 6 heteroatoms. The van der Waals surface area contributed by atoms with Crippen LogP contribution in [-0.2, 0) is 16.0 Å². The zero-order chi connectivity index (χ0) is 17.7. The summed E-state index contributed by atoms with van der Waals surface area (Å²) in [6.45, 7) is 7.39. The first-order valence-electron chi connectivity index (χ1n) is 8.17. The second-order valence-electron chi connectivity index (χ2n) is 6.96. The molecule has 0 aliphatic carbocycles. The van der Waals surface area contributed by atoms with E-state index in [2.05, 4.69) is 0 Å². The van der Waals surface area contributed by atoms with Gasteiger partial charge in [0.2, 0.25) is 0 Å². The second kappa shape index (κ2) is 7.99. The SMILES string of the molecule is CC(C)(C)OC(=O)N(Cc1ccc(C(=N)Cl)cc1)C1CCOCC1. The molecule has 2 rings (SSSR count). The smallest absolute Gasteiger partial charge is 0.410 e. The molecule has 0 atom stereocenters. The molecule has 1 aliphatic heterocycles. The molecule has 1 aliphatic rings. The van der Waals surface area contributed by atoms with Gasteiger partial charge in [0.25, 0.3) is 0 Å². The topological polar surface area (TPSA) is 62.6 Å². The molecular weight excluding hydrogens is 328 g/mol. The third-order valence-corrected chi connectivity index (χ3v) is 4.04. The molecule has 0 bridgehead atoms. The maximum absolute atomic E-state index is 12.6. The van der Waals surface area contributed by atoms with Gasteiger partial charge < -0.3 is 14.4 Å². The van der Waals surface area contributed by atoms with Crippen LogP contribution in [0.15, 0.2) is 24.3 Å². The van der Waals surface area contributed by atoms with Crippen molar-refractivity contribution in [2.45, 2.75) is 51.8 Å². The van der Waals surface area contributed by atoms with E-state index in [0.29, 0.717) is 25.3 Å². The molecule has 0 saturated carbocycles. The Balaban J connectivity index is 2.15. The summed E-state index contributed by atoms with van der Waals surface area (Å²) in [6, 6.07) is 7.48. The van der Waals surface area contributed by atoms with Crippen molar-refractivity contribution < 1.29 is 14.3 Å². The number of rotatable bonds is 4. The first-order chi connectivity index (χ1) is 11.3. The van der Waals surface area contributed by atoms with Crippen molar-refractivity contribution in [3.8, 4) is 0 Å². The summed E-state index contributed by atoms with van der Waals surface area (Å²) in [5.74, 6) is 0. The number of nitrogens with zero attached hydrogens (tertiary/aromatic N) is 1. The lowest BCUT2D eigenvalue weighted by atomic mass is 10.1.